The average Bonchev–Trinajstić information content (AvgIpc) is 2.82. The fourth-order valence-electron chi connectivity index (χ4n) is 2.05. The highest BCUT2D eigenvalue weighted by Crippen LogP contribution is 2.28. The first kappa shape index (κ1) is 13.2. The third-order valence-corrected chi connectivity index (χ3v) is 4.74. The van der Waals surface area contributed by atoms with Crippen LogP contribution in [0.15, 0.2) is 4.99 Å². The van der Waals surface area contributed by atoms with Crippen LogP contribution in [-0.2, 0) is 9.47 Å². The lowest BCUT2D eigenvalue weighted by molar-refractivity contribution is -0.0832. The van der Waals surface area contributed by atoms with E-state index < -0.39 is 0 Å². The van der Waals surface area contributed by atoms with Gasteiger partial charge in [-0.25, -0.2) is 0 Å². The maximum atomic E-state index is 5.57. The molecule has 1 N–H and O–H groups in total. The Morgan fingerprint density at radius 2 is 2.24 bits per heavy atom. The second-order valence-electron chi connectivity index (χ2n) is 4.61. The summed E-state index contributed by atoms with van der Waals surface area (Å²) in [6, 6.07) is 0. The average molecular weight is 258 g/mol. The Bertz CT molecular complexity index is 274. The van der Waals surface area contributed by atoms with Crippen LogP contribution >= 0.6 is 11.8 Å². The van der Waals surface area contributed by atoms with Gasteiger partial charge in [0.2, 0.25) is 0 Å². The number of hydrogen-bond donors (Lipinski definition) is 1. The molecule has 0 amide bonds. The molecule has 0 spiro atoms. The molecular weight excluding hydrogens is 236 g/mol. The molecule has 98 valence electrons. The SMILES string of the molecule is CCC1(CC)CSC(=NCC2COCCO2)N1. The van der Waals surface area contributed by atoms with Gasteiger partial charge in [-0.2, -0.15) is 0 Å². The van der Waals surface area contributed by atoms with E-state index in [1.807, 2.05) is 11.8 Å². The Morgan fingerprint density at radius 1 is 1.41 bits per heavy atom. The van der Waals surface area contributed by atoms with E-state index in [4.69, 9.17) is 9.47 Å². The zero-order chi connectivity index (χ0) is 12.1. The molecule has 0 bridgehead atoms. The number of amidine groups is 1. The third kappa shape index (κ3) is 3.36. The van der Waals surface area contributed by atoms with E-state index in [0.29, 0.717) is 19.8 Å². The lowest BCUT2D eigenvalue weighted by Gasteiger charge is -2.25. The molecule has 0 aromatic heterocycles. The molecule has 0 aromatic carbocycles. The summed E-state index contributed by atoms with van der Waals surface area (Å²) in [6.07, 6.45) is 2.44. The molecule has 2 aliphatic rings. The fourth-order valence-corrected chi connectivity index (χ4v) is 3.40. The van der Waals surface area contributed by atoms with Gasteiger partial charge in [-0.1, -0.05) is 25.6 Å². The van der Waals surface area contributed by atoms with Crippen LogP contribution in [0.3, 0.4) is 0 Å². The monoisotopic (exact) mass is 258 g/mol. The van der Waals surface area contributed by atoms with Gasteiger partial charge in [-0.3, -0.25) is 4.99 Å². The minimum absolute atomic E-state index is 0.136. The van der Waals surface area contributed by atoms with Crippen LogP contribution in [0, 0.1) is 0 Å². The van der Waals surface area contributed by atoms with E-state index in [1.165, 1.54) is 0 Å². The van der Waals surface area contributed by atoms with Crippen molar-refractivity contribution in [2.45, 2.75) is 38.3 Å². The van der Waals surface area contributed by atoms with E-state index in [9.17, 15) is 0 Å². The molecule has 1 atom stereocenters. The zero-order valence-electron chi connectivity index (χ0n) is 10.7. The number of rotatable bonds is 4. The molecule has 0 aromatic rings. The van der Waals surface area contributed by atoms with Crippen molar-refractivity contribution in [2.24, 2.45) is 4.99 Å². The maximum Gasteiger partial charge on any atom is 0.157 e. The first-order valence-corrected chi connectivity index (χ1v) is 7.41. The molecule has 2 rings (SSSR count). The van der Waals surface area contributed by atoms with Crippen molar-refractivity contribution in [1.29, 1.82) is 0 Å². The first-order chi connectivity index (χ1) is 8.28. The van der Waals surface area contributed by atoms with Gasteiger partial charge in [-0.05, 0) is 12.8 Å². The van der Waals surface area contributed by atoms with Gasteiger partial charge in [0.1, 0.15) is 6.10 Å². The van der Waals surface area contributed by atoms with E-state index in [2.05, 4.69) is 24.2 Å². The minimum Gasteiger partial charge on any atom is -0.376 e. The molecule has 2 saturated heterocycles. The van der Waals surface area contributed by atoms with Gasteiger partial charge in [-0.15, -0.1) is 0 Å². The van der Waals surface area contributed by atoms with Crippen molar-refractivity contribution in [2.75, 3.05) is 32.1 Å². The number of thioether (sulfide) groups is 1. The van der Waals surface area contributed by atoms with Crippen molar-refractivity contribution in [3.63, 3.8) is 0 Å². The molecule has 17 heavy (non-hydrogen) atoms. The van der Waals surface area contributed by atoms with Crippen molar-refractivity contribution in [3.8, 4) is 0 Å². The zero-order valence-corrected chi connectivity index (χ0v) is 11.5. The van der Waals surface area contributed by atoms with Crippen LogP contribution < -0.4 is 5.32 Å². The standard InChI is InChI=1S/C12H22N2O2S/c1-3-12(4-2)9-17-11(14-12)13-7-10-8-15-5-6-16-10/h10H,3-9H2,1-2H3,(H,13,14). The highest BCUT2D eigenvalue weighted by molar-refractivity contribution is 8.14. The van der Waals surface area contributed by atoms with Crippen molar-refractivity contribution < 1.29 is 9.47 Å². The predicted octanol–water partition coefficient (Wildman–Crippen LogP) is 1.65. The van der Waals surface area contributed by atoms with Gasteiger partial charge in [0.15, 0.2) is 5.17 Å². The number of hydrogen-bond acceptors (Lipinski definition) is 4. The molecule has 2 heterocycles. The Kier molecular flexibility index (Phi) is 4.70. The molecular formula is C12H22N2O2S. The van der Waals surface area contributed by atoms with Gasteiger partial charge in [0.05, 0.1) is 26.4 Å². The molecule has 1 unspecified atom stereocenters. The van der Waals surface area contributed by atoms with Crippen molar-refractivity contribution in [1.82, 2.24) is 5.32 Å². The topological polar surface area (TPSA) is 42.9 Å². The number of aliphatic imine (C=N–C) groups is 1. The summed E-state index contributed by atoms with van der Waals surface area (Å²) in [5, 5.41) is 4.63. The molecule has 2 fully saturated rings. The Morgan fingerprint density at radius 3 is 2.82 bits per heavy atom. The quantitative estimate of drug-likeness (QED) is 0.832. The summed E-state index contributed by atoms with van der Waals surface area (Å²) >= 11 is 1.83. The second kappa shape index (κ2) is 6.07. The molecule has 4 nitrogen and oxygen atoms in total. The molecule has 0 saturated carbocycles. The van der Waals surface area contributed by atoms with Crippen LogP contribution in [0.4, 0.5) is 0 Å². The number of nitrogens with one attached hydrogen (secondary N) is 1. The Hall–Kier alpha value is -0.260. The van der Waals surface area contributed by atoms with E-state index in [1.54, 1.807) is 0 Å². The lowest BCUT2D eigenvalue weighted by atomic mass is 9.96. The maximum absolute atomic E-state index is 5.57. The van der Waals surface area contributed by atoms with Gasteiger partial charge >= 0.3 is 0 Å². The summed E-state index contributed by atoms with van der Waals surface area (Å²) < 4.78 is 10.9. The Labute approximate surface area is 108 Å². The highest BCUT2D eigenvalue weighted by Gasteiger charge is 2.33. The Balaban J connectivity index is 1.82. The highest BCUT2D eigenvalue weighted by atomic mass is 32.2. The number of nitrogens with zero attached hydrogens (tertiary/aromatic N) is 1. The summed E-state index contributed by atoms with van der Waals surface area (Å²) in [7, 11) is 0. The molecule has 5 heteroatoms. The summed E-state index contributed by atoms with van der Waals surface area (Å²) in [6.45, 7) is 7.27. The van der Waals surface area contributed by atoms with Gasteiger partial charge < -0.3 is 14.8 Å². The smallest absolute Gasteiger partial charge is 0.157 e. The summed E-state index contributed by atoms with van der Waals surface area (Å²) in [5.41, 5.74) is 0.257. The molecule has 0 radical (unpaired) electrons. The van der Waals surface area contributed by atoms with Crippen molar-refractivity contribution in [3.05, 3.63) is 0 Å². The second-order valence-corrected chi connectivity index (χ2v) is 5.58. The van der Waals surface area contributed by atoms with Gasteiger partial charge in [0.25, 0.3) is 0 Å². The van der Waals surface area contributed by atoms with Crippen LogP contribution in [0.5, 0.6) is 0 Å². The summed E-state index contributed by atoms with van der Waals surface area (Å²) in [5.74, 6) is 1.13. The minimum atomic E-state index is 0.136. The molecule has 2 aliphatic heterocycles. The van der Waals surface area contributed by atoms with E-state index >= 15 is 0 Å². The first-order valence-electron chi connectivity index (χ1n) is 6.43. The third-order valence-electron chi connectivity index (χ3n) is 3.53. The largest absolute Gasteiger partial charge is 0.376 e. The normalized spacial score (nSPS) is 30.5. The summed E-state index contributed by atoms with van der Waals surface area (Å²) in [4.78, 5) is 4.60. The van der Waals surface area contributed by atoms with E-state index in [0.717, 1.165) is 30.4 Å². The molecule has 0 aliphatic carbocycles. The predicted molar refractivity (Wildman–Crippen MR) is 71.8 cm³/mol. The van der Waals surface area contributed by atoms with Crippen LogP contribution in [0.1, 0.15) is 26.7 Å². The number of ether oxygens (including phenoxy) is 2. The van der Waals surface area contributed by atoms with Crippen LogP contribution in [0.25, 0.3) is 0 Å². The van der Waals surface area contributed by atoms with Crippen molar-refractivity contribution >= 4 is 16.9 Å². The lowest BCUT2D eigenvalue weighted by Crippen LogP contribution is -2.42. The van der Waals surface area contributed by atoms with Crippen LogP contribution in [-0.4, -0.2) is 48.9 Å². The van der Waals surface area contributed by atoms with E-state index in [-0.39, 0.29) is 11.6 Å². The fraction of sp³-hybridized carbons (Fsp3) is 0.917. The van der Waals surface area contributed by atoms with Crippen LogP contribution in [0.2, 0.25) is 0 Å². The van der Waals surface area contributed by atoms with Gasteiger partial charge in [0, 0.05) is 11.3 Å².